The van der Waals surface area contributed by atoms with Crippen LogP contribution >= 0.6 is 12.2 Å². The van der Waals surface area contributed by atoms with Crippen molar-refractivity contribution in [3.05, 3.63) is 108 Å². The standard InChI is InChI=1S/C29H34N4OS/c34-28(30-21-24-11-4-1-5-12-24)23-32-17-10-18-33(20-19-32)29(35)31-22-27(25-13-6-2-7-14-25)26-15-8-3-9-16-26/h1-9,11-16,27H,10,17-23H2,(H,30,34)(H,31,35). The number of nitrogens with one attached hydrogen (secondary N) is 2. The largest absolute Gasteiger partial charge is 0.362 e. The van der Waals surface area contributed by atoms with Gasteiger partial charge in [0.25, 0.3) is 0 Å². The van der Waals surface area contributed by atoms with Crippen LogP contribution in [0.15, 0.2) is 91.0 Å². The van der Waals surface area contributed by atoms with E-state index in [4.69, 9.17) is 12.2 Å². The van der Waals surface area contributed by atoms with Crippen molar-refractivity contribution in [1.29, 1.82) is 0 Å². The molecule has 1 amide bonds. The Morgan fingerprint density at radius 3 is 2.00 bits per heavy atom. The van der Waals surface area contributed by atoms with Crippen molar-refractivity contribution < 1.29 is 4.79 Å². The zero-order valence-corrected chi connectivity index (χ0v) is 20.9. The molecule has 0 spiro atoms. The number of thiocarbonyl (C=S) groups is 1. The van der Waals surface area contributed by atoms with Crippen LogP contribution in [0.25, 0.3) is 0 Å². The maximum absolute atomic E-state index is 12.5. The third kappa shape index (κ3) is 7.64. The van der Waals surface area contributed by atoms with E-state index < -0.39 is 0 Å². The lowest BCUT2D eigenvalue weighted by Gasteiger charge is -2.27. The van der Waals surface area contributed by atoms with Gasteiger partial charge < -0.3 is 15.5 Å². The number of hydrogen-bond donors (Lipinski definition) is 2. The first kappa shape index (κ1) is 24.9. The molecular weight excluding hydrogens is 452 g/mol. The fourth-order valence-electron chi connectivity index (χ4n) is 4.49. The van der Waals surface area contributed by atoms with E-state index in [2.05, 4.69) is 81.1 Å². The second-order valence-corrected chi connectivity index (χ2v) is 9.33. The molecule has 1 fully saturated rings. The molecule has 0 unspecified atom stereocenters. The van der Waals surface area contributed by atoms with Crippen molar-refractivity contribution in [3.8, 4) is 0 Å². The summed E-state index contributed by atoms with van der Waals surface area (Å²) in [6.45, 7) is 5.17. The van der Waals surface area contributed by atoms with E-state index in [1.54, 1.807) is 0 Å². The summed E-state index contributed by atoms with van der Waals surface area (Å²) in [6, 6.07) is 31.2. The number of hydrogen-bond acceptors (Lipinski definition) is 3. The van der Waals surface area contributed by atoms with Gasteiger partial charge in [0.15, 0.2) is 5.11 Å². The first-order valence-electron chi connectivity index (χ1n) is 12.3. The summed E-state index contributed by atoms with van der Waals surface area (Å²) in [7, 11) is 0. The Labute approximate surface area is 214 Å². The minimum absolute atomic E-state index is 0.0663. The van der Waals surface area contributed by atoms with Crippen LogP contribution in [0.5, 0.6) is 0 Å². The van der Waals surface area contributed by atoms with E-state index in [-0.39, 0.29) is 11.8 Å². The number of carbonyl (C=O) groups is 1. The smallest absolute Gasteiger partial charge is 0.234 e. The van der Waals surface area contributed by atoms with Gasteiger partial charge in [0.05, 0.1) is 6.54 Å². The highest BCUT2D eigenvalue weighted by Gasteiger charge is 2.20. The number of nitrogens with zero attached hydrogens (tertiary/aromatic N) is 2. The van der Waals surface area contributed by atoms with Gasteiger partial charge in [0, 0.05) is 45.2 Å². The number of benzene rings is 3. The van der Waals surface area contributed by atoms with Crippen molar-refractivity contribution in [2.24, 2.45) is 0 Å². The summed E-state index contributed by atoms with van der Waals surface area (Å²) in [4.78, 5) is 16.9. The molecule has 35 heavy (non-hydrogen) atoms. The van der Waals surface area contributed by atoms with E-state index in [1.165, 1.54) is 11.1 Å². The molecule has 6 heteroatoms. The molecule has 3 aromatic rings. The maximum Gasteiger partial charge on any atom is 0.234 e. The zero-order chi connectivity index (χ0) is 24.3. The van der Waals surface area contributed by atoms with Gasteiger partial charge in [0.2, 0.25) is 5.91 Å². The number of carbonyl (C=O) groups excluding carboxylic acids is 1. The normalized spacial score (nSPS) is 14.4. The van der Waals surface area contributed by atoms with Crippen LogP contribution in [0.1, 0.15) is 29.0 Å². The highest BCUT2D eigenvalue weighted by atomic mass is 32.1. The summed E-state index contributed by atoms with van der Waals surface area (Å²) in [5.41, 5.74) is 3.67. The predicted molar refractivity (Wildman–Crippen MR) is 146 cm³/mol. The Hall–Kier alpha value is -3.22. The van der Waals surface area contributed by atoms with Gasteiger partial charge in [0.1, 0.15) is 0 Å². The molecular formula is C29H34N4OS. The molecule has 0 radical (unpaired) electrons. The first-order valence-corrected chi connectivity index (χ1v) is 12.8. The van der Waals surface area contributed by atoms with Crippen molar-refractivity contribution in [3.63, 3.8) is 0 Å². The number of amides is 1. The van der Waals surface area contributed by atoms with Gasteiger partial charge in [-0.25, -0.2) is 0 Å². The quantitative estimate of drug-likeness (QED) is 0.471. The van der Waals surface area contributed by atoms with Gasteiger partial charge in [-0.15, -0.1) is 0 Å². The van der Waals surface area contributed by atoms with Crippen molar-refractivity contribution in [1.82, 2.24) is 20.4 Å². The molecule has 182 valence electrons. The van der Waals surface area contributed by atoms with Crippen LogP contribution in [0.2, 0.25) is 0 Å². The summed E-state index contributed by atoms with van der Waals surface area (Å²) in [6.07, 6.45) is 0.981. The molecule has 0 bridgehead atoms. The van der Waals surface area contributed by atoms with Crippen molar-refractivity contribution >= 4 is 23.2 Å². The molecule has 1 heterocycles. The monoisotopic (exact) mass is 486 g/mol. The van der Waals surface area contributed by atoms with Gasteiger partial charge in [-0.05, 0) is 35.3 Å². The van der Waals surface area contributed by atoms with E-state index in [0.717, 1.165) is 49.8 Å². The Morgan fingerprint density at radius 1 is 0.771 bits per heavy atom. The Bertz CT molecular complexity index is 1020. The number of rotatable bonds is 8. The molecule has 4 rings (SSSR count). The van der Waals surface area contributed by atoms with Crippen LogP contribution in [0.4, 0.5) is 0 Å². The minimum atomic E-state index is 0.0663. The lowest BCUT2D eigenvalue weighted by Crippen LogP contribution is -2.44. The molecule has 5 nitrogen and oxygen atoms in total. The van der Waals surface area contributed by atoms with Crippen molar-refractivity contribution in [2.75, 3.05) is 39.3 Å². The average molecular weight is 487 g/mol. The molecule has 1 saturated heterocycles. The Kier molecular flexibility index (Phi) is 9.26. The van der Waals surface area contributed by atoms with Crippen LogP contribution in [-0.2, 0) is 11.3 Å². The summed E-state index contributed by atoms with van der Waals surface area (Å²) in [5.74, 6) is 0.295. The van der Waals surface area contributed by atoms with E-state index in [0.29, 0.717) is 13.1 Å². The maximum atomic E-state index is 12.5. The highest BCUT2D eigenvalue weighted by Crippen LogP contribution is 2.23. The van der Waals surface area contributed by atoms with Gasteiger partial charge in [-0.2, -0.15) is 0 Å². The van der Waals surface area contributed by atoms with Gasteiger partial charge >= 0.3 is 0 Å². The Morgan fingerprint density at radius 2 is 1.37 bits per heavy atom. The Balaban J connectivity index is 1.26. The molecule has 0 saturated carbocycles. The van der Waals surface area contributed by atoms with E-state index >= 15 is 0 Å². The van der Waals surface area contributed by atoms with Gasteiger partial charge in [-0.3, -0.25) is 9.69 Å². The van der Waals surface area contributed by atoms with Crippen LogP contribution in [0.3, 0.4) is 0 Å². The van der Waals surface area contributed by atoms with Crippen LogP contribution < -0.4 is 10.6 Å². The van der Waals surface area contributed by atoms with E-state index in [9.17, 15) is 4.79 Å². The van der Waals surface area contributed by atoms with Crippen LogP contribution in [0, 0.1) is 0 Å². The third-order valence-electron chi connectivity index (χ3n) is 6.44. The lowest BCUT2D eigenvalue weighted by molar-refractivity contribution is -0.122. The summed E-state index contributed by atoms with van der Waals surface area (Å²) in [5, 5.41) is 7.35. The predicted octanol–water partition coefficient (Wildman–Crippen LogP) is 4.02. The average Bonchev–Trinajstić information content (AvgIpc) is 3.15. The molecule has 0 aromatic heterocycles. The molecule has 3 aromatic carbocycles. The minimum Gasteiger partial charge on any atom is -0.362 e. The lowest BCUT2D eigenvalue weighted by atomic mass is 9.91. The van der Waals surface area contributed by atoms with Gasteiger partial charge in [-0.1, -0.05) is 91.0 Å². The molecule has 1 aliphatic heterocycles. The van der Waals surface area contributed by atoms with Crippen LogP contribution in [-0.4, -0.2) is 60.1 Å². The molecule has 2 N–H and O–H groups in total. The second-order valence-electron chi connectivity index (χ2n) is 8.94. The summed E-state index contributed by atoms with van der Waals surface area (Å²) < 4.78 is 0. The summed E-state index contributed by atoms with van der Waals surface area (Å²) >= 11 is 5.79. The molecule has 1 aliphatic rings. The fourth-order valence-corrected chi connectivity index (χ4v) is 4.75. The fraction of sp³-hybridized carbons (Fsp3) is 0.310. The van der Waals surface area contributed by atoms with E-state index in [1.807, 2.05) is 30.3 Å². The first-order chi connectivity index (χ1) is 17.2. The SMILES string of the molecule is O=C(CN1CCCN(C(=S)NCC(c2ccccc2)c2ccccc2)CC1)NCc1ccccc1. The third-order valence-corrected chi connectivity index (χ3v) is 6.84. The molecule has 0 aliphatic carbocycles. The highest BCUT2D eigenvalue weighted by molar-refractivity contribution is 7.80. The van der Waals surface area contributed by atoms with Crippen molar-refractivity contribution in [2.45, 2.75) is 18.9 Å². The molecule has 0 atom stereocenters. The topological polar surface area (TPSA) is 47.6 Å². The second kappa shape index (κ2) is 13.0. The zero-order valence-electron chi connectivity index (χ0n) is 20.1.